The van der Waals surface area contributed by atoms with Gasteiger partial charge in [0.15, 0.2) is 0 Å². The maximum absolute atomic E-state index is 5.45. The molecule has 0 amide bonds. The molecule has 0 unspecified atom stereocenters. The highest BCUT2D eigenvalue weighted by molar-refractivity contribution is 7.97. The number of nitrogens with one attached hydrogen (secondary N) is 1. The third kappa shape index (κ3) is 2.16. The molecule has 17 heavy (non-hydrogen) atoms. The van der Waals surface area contributed by atoms with Crippen LogP contribution in [0.2, 0.25) is 0 Å². The summed E-state index contributed by atoms with van der Waals surface area (Å²) in [5.74, 6) is 0. The molecule has 1 aromatic heterocycles. The number of nitrogens with zero attached hydrogens (tertiary/aromatic N) is 1. The molecule has 88 valence electrons. The van der Waals surface area contributed by atoms with E-state index < -0.39 is 0 Å². The van der Waals surface area contributed by atoms with Crippen molar-refractivity contribution in [2.75, 3.05) is 13.7 Å². The first-order valence-corrected chi connectivity index (χ1v) is 6.52. The Labute approximate surface area is 105 Å². The van der Waals surface area contributed by atoms with Gasteiger partial charge in [-0.3, -0.25) is 9.71 Å². The van der Waals surface area contributed by atoms with Crippen LogP contribution in [-0.2, 0) is 17.8 Å². The highest BCUT2D eigenvalue weighted by atomic mass is 32.2. The Kier molecular flexibility index (Phi) is 3.01. The Morgan fingerprint density at radius 2 is 2.29 bits per heavy atom. The number of hydrogen-bond acceptors (Lipinski definition) is 4. The van der Waals surface area contributed by atoms with E-state index >= 15 is 0 Å². The Hall–Kier alpha value is -1.10. The predicted octanol–water partition coefficient (Wildman–Crippen LogP) is 2.53. The minimum Gasteiger partial charge on any atom is -0.376 e. The van der Waals surface area contributed by atoms with Crippen molar-refractivity contribution in [2.45, 2.75) is 17.9 Å². The molecule has 0 fully saturated rings. The number of ether oxygens (including phenoxy) is 1. The van der Waals surface area contributed by atoms with Crippen molar-refractivity contribution >= 4 is 22.9 Å². The zero-order valence-corrected chi connectivity index (χ0v) is 10.5. The molecule has 3 nitrogen and oxygen atoms in total. The van der Waals surface area contributed by atoms with Crippen molar-refractivity contribution in [3.8, 4) is 0 Å². The van der Waals surface area contributed by atoms with Gasteiger partial charge < -0.3 is 4.74 Å². The van der Waals surface area contributed by atoms with E-state index in [1.807, 2.05) is 7.05 Å². The lowest BCUT2D eigenvalue weighted by atomic mass is 10.1. The molecule has 4 heteroatoms. The molecule has 0 bridgehead atoms. The van der Waals surface area contributed by atoms with Crippen molar-refractivity contribution in [3.63, 3.8) is 0 Å². The quantitative estimate of drug-likeness (QED) is 0.826. The van der Waals surface area contributed by atoms with Crippen LogP contribution in [-0.4, -0.2) is 18.6 Å². The van der Waals surface area contributed by atoms with E-state index in [0.29, 0.717) is 6.61 Å². The number of aromatic nitrogens is 1. The summed E-state index contributed by atoms with van der Waals surface area (Å²) in [5.41, 5.74) is 3.50. The van der Waals surface area contributed by atoms with Crippen LogP contribution in [0.1, 0.15) is 11.3 Å². The van der Waals surface area contributed by atoms with Crippen molar-refractivity contribution in [1.29, 1.82) is 0 Å². The second-order valence-electron chi connectivity index (χ2n) is 4.06. The zero-order chi connectivity index (χ0) is 11.7. The van der Waals surface area contributed by atoms with E-state index in [0.717, 1.165) is 18.5 Å². The Morgan fingerprint density at radius 1 is 1.35 bits per heavy atom. The summed E-state index contributed by atoms with van der Waals surface area (Å²) in [6.45, 7) is 1.49. The van der Waals surface area contributed by atoms with Gasteiger partial charge in [-0.2, -0.15) is 0 Å². The maximum atomic E-state index is 5.45. The monoisotopic (exact) mass is 246 g/mol. The second kappa shape index (κ2) is 4.64. The van der Waals surface area contributed by atoms with Gasteiger partial charge in [0, 0.05) is 22.4 Å². The van der Waals surface area contributed by atoms with Crippen LogP contribution in [0.3, 0.4) is 0 Å². The third-order valence-corrected chi connectivity index (χ3v) is 3.61. The zero-order valence-electron chi connectivity index (χ0n) is 9.69. The van der Waals surface area contributed by atoms with Gasteiger partial charge in [0.05, 0.1) is 18.7 Å². The molecule has 0 radical (unpaired) electrons. The van der Waals surface area contributed by atoms with Gasteiger partial charge in [0.25, 0.3) is 0 Å². The average molecular weight is 246 g/mol. The molecule has 0 saturated carbocycles. The summed E-state index contributed by atoms with van der Waals surface area (Å²) in [5, 5.41) is 1.19. The summed E-state index contributed by atoms with van der Waals surface area (Å²) in [6.07, 6.45) is 0.925. The van der Waals surface area contributed by atoms with E-state index in [2.05, 4.69) is 29.0 Å². The van der Waals surface area contributed by atoms with Crippen LogP contribution < -0.4 is 4.72 Å². The maximum Gasteiger partial charge on any atom is 0.0734 e. The fourth-order valence-corrected chi connectivity index (χ4v) is 2.65. The largest absolute Gasteiger partial charge is 0.376 e. The first-order chi connectivity index (χ1) is 8.36. The van der Waals surface area contributed by atoms with Crippen molar-refractivity contribution < 1.29 is 4.74 Å². The summed E-state index contributed by atoms with van der Waals surface area (Å²) in [4.78, 5) is 5.93. The Morgan fingerprint density at radius 3 is 3.18 bits per heavy atom. The molecular weight excluding hydrogens is 232 g/mol. The number of hydrogen-bond donors (Lipinski definition) is 1. The van der Waals surface area contributed by atoms with Gasteiger partial charge in [0.2, 0.25) is 0 Å². The number of pyridine rings is 1. The molecule has 2 heterocycles. The fraction of sp³-hybridized carbons (Fsp3) is 0.308. The molecule has 0 spiro atoms. The summed E-state index contributed by atoms with van der Waals surface area (Å²) in [6, 6.07) is 8.56. The molecule has 0 atom stereocenters. The smallest absolute Gasteiger partial charge is 0.0734 e. The van der Waals surface area contributed by atoms with Crippen LogP contribution in [0, 0.1) is 0 Å². The predicted molar refractivity (Wildman–Crippen MR) is 70.0 cm³/mol. The van der Waals surface area contributed by atoms with Gasteiger partial charge in [-0.15, -0.1) is 0 Å². The topological polar surface area (TPSA) is 34.2 Å². The van der Waals surface area contributed by atoms with Crippen molar-refractivity contribution in [1.82, 2.24) is 9.71 Å². The SMILES string of the molecule is CNSc1ccc2cc3c(nc2c1)CCOC3. The highest BCUT2D eigenvalue weighted by Crippen LogP contribution is 2.24. The van der Waals surface area contributed by atoms with Crippen LogP contribution in [0.5, 0.6) is 0 Å². The lowest BCUT2D eigenvalue weighted by molar-refractivity contribution is 0.109. The molecule has 0 saturated heterocycles. The standard InChI is InChI=1S/C13H14N2OS/c1-14-17-11-3-2-9-6-10-8-16-5-4-12(10)15-13(9)7-11/h2-3,6-7,14H,4-5,8H2,1H3. The summed E-state index contributed by atoms with van der Waals surface area (Å²) in [7, 11) is 1.92. The van der Waals surface area contributed by atoms with Gasteiger partial charge in [-0.25, -0.2) is 0 Å². The van der Waals surface area contributed by atoms with E-state index in [-0.39, 0.29) is 0 Å². The van der Waals surface area contributed by atoms with Crippen molar-refractivity contribution in [2.24, 2.45) is 0 Å². The van der Waals surface area contributed by atoms with Crippen molar-refractivity contribution in [3.05, 3.63) is 35.5 Å². The van der Waals surface area contributed by atoms with Gasteiger partial charge in [0.1, 0.15) is 0 Å². The van der Waals surface area contributed by atoms with Crippen LogP contribution in [0.15, 0.2) is 29.2 Å². The van der Waals surface area contributed by atoms with Crippen LogP contribution in [0.25, 0.3) is 10.9 Å². The lowest BCUT2D eigenvalue weighted by Crippen LogP contribution is -2.11. The van der Waals surface area contributed by atoms with E-state index in [4.69, 9.17) is 9.72 Å². The molecule has 2 aromatic rings. The molecule has 1 aromatic carbocycles. The lowest BCUT2D eigenvalue weighted by Gasteiger charge is -2.16. The normalized spacial score (nSPS) is 14.9. The molecule has 1 aliphatic heterocycles. The fourth-order valence-electron chi connectivity index (χ4n) is 2.10. The van der Waals surface area contributed by atoms with E-state index in [1.54, 1.807) is 11.9 Å². The van der Waals surface area contributed by atoms with Gasteiger partial charge in [-0.05, 0) is 42.8 Å². The molecule has 1 N–H and O–H groups in total. The number of rotatable bonds is 2. The van der Waals surface area contributed by atoms with Gasteiger partial charge in [-0.1, -0.05) is 6.07 Å². The minimum atomic E-state index is 0.700. The average Bonchev–Trinajstić information content (AvgIpc) is 2.36. The number of benzene rings is 1. The second-order valence-corrected chi connectivity index (χ2v) is 5.14. The molecular formula is C13H14N2OS. The highest BCUT2D eigenvalue weighted by Gasteiger charge is 2.12. The summed E-state index contributed by atoms with van der Waals surface area (Å²) < 4.78 is 8.53. The summed E-state index contributed by atoms with van der Waals surface area (Å²) >= 11 is 1.61. The molecule has 3 rings (SSSR count). The van der Waals surface area contributed by atoms with Gasteiger partial charge >= 0.3 is 0 Å². The first kappa shape index (κ1) is 11.0. The first-order valence-electron chi connectivity index (χ1n) is 5.71. The van der Waals surface area contributed by atoms with Crippen LogP contribution in [0.4, 0.5) is 0 Å². The molecule has 0 aliphatic carbocycles. The Balaban J connectivity index is 2.10. The Bertz CT molecular complexity index is 556. The third-order valence-electron chi connectivity index (χ3n) is 2.92. The number of fused-ring (bicyclic) bond motifs is 2. The van der Waals surface area contributed by atoms with E-state index in [1.165, 1.54) is 21.5 Å². The van der Waals surface area contributed by atoms with Crippen LogP contribution >= 0.6 is 11.9 Å². The van der Waals surface area contributed by atoms with E-state index in [9.17, 15) is 0 Å². The molecule has 1 aliphatic rings. The minimum absolute atomic E-state index is 0.700.